The SMILES string of the molecule is CCOC(=O)c1csc(N(C)C(C)c2ccccc2F)n1. The van der Waals surface area contributed by atoms with Crippen LogP contribution in [0.25, 0.3) is 0 Å². The molecule has 1 heterocycles. The van der Waals surface area contributed by atoms with Gasteiger partial charge in [-0.15, -0.1) is 11.3 Å². The Kier molecular flexibility index (Phi) is 4.90. The molecule has 0 fully saturated rings. The number of hydrogen-bond acceptors (Lipinski definition) is 5. The second-order valence-electron chi connectivity index (χ2n) is 4.54. The van der Waals surface area contributed by atoms with Gasteiger partial charge in [-0.2, -0.15) is 0 Å². The van der Waals surface area contributed by atoms with Crippen molar-refractivity contribution in [3.8, 4) is 0 Å². The van der Waals surface area contributed by atoms with Crippen LogP contribution in [0.15, 0.2) is 29.6 Å². The Bertz CT molecular complexity index is 630. The van der Waals surface area contributed by atoms with Crippen molar-refractivity contribution < 1.29 is 13.9 Å². The van der Waals surface area contributed by atoms with E-state index in [4.69, 9.17) is 4.74 Å². The van der Waals surface area contributed by atoms with Gasteiger partial charge in [-0.3, -0.25) is 0 Å². The second-order valence-corrected chi connectivity index (χ2v) is 5.38. The number of anilines is 1. The third-order valence-electron chi connectivity index (χ3n) is 3.21. The lowest BCUT2D eigenvalue weighted by Crippen LogP contribution is -2.22. The first-order valence-corrected chi connectivity index (χ1v) is 7.52. The molecule has 2 aromatic rings. The van der Waals surface area contributed by atoms with Crippen molar-refractivity contribution in [2.75, 3.05) is 18.6 Å². The maximum atomic E-state index is 13.8. The van der Waals surface area contributed by atoms with Crippen LogP contribution in [0.4, 0.5) is 9.52 Å². The molecule has 4 nitrogen and oxygen atoms in total. The number of hydrogen-bond donors (Lipinski definition) is 0. The molecule has 0 radical (unpaired) electrons. The summed E-state index contributed by atoms with van der Waals surface area (Å²) in [7, 11) is 1.82. The van der Waals surface area contributed by atoms with E-state index in [0.717, 1.165) is 0 Å². The van der Waals surface area contributed by atoms with Crippen molar-refractivity contribution in [2.24, 2.45) is 0 Å². The Hall–Kier alpha value is -1.95. The number of halogens is 1. The van der Waals surface area contributed by atoms with E-state index in [2.05, 4.69) is 4.98 Å². The summed E-state index contributed by atoms with van der Waals surface area (Å²) >= 11 is 1.33. The molecule has 0 spiro atoms. The highest BCUT2D eigenvalue weighted by atomic mass is 32.1. The number of thiazole rings is 1. The molecule has 21 heavy (non-hydrogen) atoms. The molecular weight excluding hydrogens is 291 g/mol. The summed E-state index contributed by atoms with van der Waals surface area (Å²) in [5.74, 6) is -0.689. The number of rotatable bonds is 5. The summed E-state index contributed by atoms with van der Waals surface area (Å²) in [6, 6.07) is 6.46. The largest absolute Gasteiger partial charge is 0.461 e. The normalized spacial score (nSPS) is 12.0. The van der Waals surface area contributed by atoms with Gasteiger partial charge in [0.25, 0.3) is 0 Å². The first kappa shape index (κ1) is 15.4. The van der Waals surface area contributed by atoms with Crippen LogP contribution in [0, 0.1) is 5.82 Å². The van der Waals surface area contributed by atoms with Crippen LogP contribution in [-0.4, -0.2) is 24.6 Å². The number of carbonyl (C=O) groups is 1. The molecule has 0 saturated heterocycles. The lowest BCUT2D eigenvalue weighted by atomic mass is 10.1. The summed E-state index contributed by atoms with van der Waals surface area (Å²) in [5, 5.41) is 2.30. The topological polar surface area (TPSA) is 42.4 Å². The lowest BCUT2D eigenvalue weighted by Gasteiger charge is -2.24. The third kappa shape index (κ3) is 3.39. The van der Waals surface area contributed by atoms with Gasteiger partial charge in [0.2, 0.25) is 0 Å². The Morgan fingerprint density at radius 1 is 1.48 bits per heavy atom. The van der Waals surface area contributed by atoms with Crippen molar-refractivity contribution in [2.45, 2.75) is 19.9 Å². The zero-order chi connectivity index (χ0) is 15.4. The van der Waals surface area contributed by atoms with Gasteiger partial charge < -0.3 is 9.64 Å². The summed E-state index contributed by atoms with van der Waals surface area (Å²) in [5.41, 5.74) is 0.873. The molecule has 0 aliphatic carbocycles. The molecule has 1 atom stereocenters. The molecule has 1 aromatic heterocycles. The highest BCUT2D eigenvalue weighted by Crippen LogP contribution is 2.29. The van der Waals surface area contributed by atoms with E-state index in [1.807, 2.05) is 18.9 Å². The van der Waals surface area contributed by atoms with Crippen molar-refractivity contribution in [1.29, 1.82) is 0 Å². The fourth-order valence-electron chi connectivity index (χ4n) is 1.91. The first-order chi connectivity index (χ1) is 10.0. The minimum absolute atomic E-state index is 0.188. The van der Waals surface area contributed by atoms with Gasteiger partial charge in [0.15, 0.2) is 10.8 Å². The van der Waals surface area contributed by atoms with E-state index in [0.29, 0.717) is 17.3 Å². The second kappa shape index (κ2) is 6.67. The Balaban J connectivity index is 2.18. The van der Waals surface area contributed by atoms with E-state index in [-0.39, 0.29) is 17.6 Å². The zero-order valence-corrected chi connectivity index (χ0v) is 13.0. The smallest absolute Gasteiger partial charge is 0.357 e. The van der Waals surface area contributed by atoms with Gasteiger partial charge in [0.05, 0.1) is 12.6 Å². The highest BCUT2D eigenvalue weighted by Gasteiger charge is 2.20. The number of carbonyl (C=O) groups excluding carboxylic acids is 1. The third-order valence-corrected chi connectivity index (χ3v) is 4.15. The van der Waals surface area contributed by atoms with E-state index < -0.39 is 5.97 Å². The zero-order valence-electron chi connectivity index (χ0n) is 12.2. The number of ether oxygens (including phenoxy) is 1. The van der Waals surface area contributed by atoms with Crippen molar-refractivity contribution in [3.63, 3.8) is 0 Å². The molecule has 112 valence electrons. The maximum absolute atomic E-state index is 13.8. The summed E-state index contributed by atoms with van der Waals surface area (Å²) in [6.07, 6.45) is 0. The van der Waals surface area contributed by atoms with Crippen molar-refractivity contribution in [3.05, 3.63) is 46.7 Å². The molecular formula is C15H17FN2O2S. The van der Waals surface area contributed by atoms with E-state index >= 15 is 0 Å². The van der Waals surface area contributed by atoms with Gasteiger partial charge in [-0.25, -0.2) is 14.2 Å². The molecule has 0 amide bonds. The quantitative estimate of drug-likeness (QED) is 0.791. The van der Waals surface area contributed by atoms with Crippen LogP contribution in [0.2, 0.25) is 0 Å². The molecule has 6 heteroatoms. The van der Waals surface area contributed by atoms with Gasteiger partial charge >= 0.3 is 5.97 Å². The van der Waals surface area contributed by atoms with Gasteiger partial charge in [-0.1, -0.05) is 18.2 Å². The molecule has 0 bridgehead atoms. The van der Waals surface area contributed by atoms with Crippen LogP contribution in [-0.2, 0) is 4.74 Å². The fourth-order valence-corrected chi connectivity index (χ4v) is 2.75. The number of nitrogens with zero attached hydrogens (tertiary/aromatic N) is 2. The molecule has 0 aliphatic rings. The average Bonchev–Trinajstić information content (AvgIpc) is 2.96. The van der Waals surface area contributed by atoms with Crippen LogP contribution in [0.5, 0.6) is 0 Å². The average molecular weight is 308 g/mol. The predicted octanol–water partition coefficient (Wildman–Crippen LogP) is 3.66. The number of esters is 1. The molecule has 1 unspecified atom stereocenters. The van der Waals surface area contributed by atoms with Gasteiger partial charge in [-0.05, 0) is 19.9 Å². The Morgan fingerprint density at radius 2 is 2.19 bits per heavy atom. The Morgan fingerprint density at radius 3 is 2.86 bits per heavy atom. The molecule has 0 saturated carbocycles. The number of benzene rings is 1. The molecule has 0 N–H and O–H groups in total. The molecule has 1 aromatic carbocycles. The minimum Gasteiger partial charge on any atom is -0.461 e. The maximum Gasteiger partial charge on any atom is 0.357 e. The van der Waals surface area contributed by atoms with Crippen LogP contribution >= 0.6 is 11.3 Å². The molecule has 0 aliphatic heterocycles. The minimum atomic E-state index is -0.438. The van der Waals surface area contributed by atoms with E-state index in [1.54, 1.807) is 30.5 Å². The van der Waals surface area contributed by atoms with E-state index in [9.17, 15) is 9.18 Å². The molecule has 2 rings (SSSR count). The fraction of sp³-hybridized carbons (Fsp3) is 0.333. The van der Waals surface area contributed by atoms with Crippen LogP contribution in [0.3, 0.4) is 0 Å². The Labute approximate surface area is 127 Å². The van der Waals surface area contributed by atoms with Crippen LogP contribution in [0.1, 0.15) is 35.9 Å². The highest BCUT2D eigenvalue weighted by molar-refractivity contribution is 7.13. The predicted molar refractivity (Wildman–Crippen MR) is 81.3 cm³/mol. The van der Waals surface area contributed by atoms with Crippen molar-refractivity contribution in [1.82, 2.24) is 4.98 Å². The van der Waals surface area contributed by atoms with E-state index in [1.165, 1.54) is 17.4 Å². The lowest BCUT2D eigenvalue weighted by molar-refractivity contribution is 0.0520. The van der Waals surface area contributed by atoms with Gasteiger partial charge in [0.1, 0.15) is 5.82 Å². The van der Waals surface area contributed by atoms with Crippen molar-refractivity contribution >= 4 is 22.4 Å². The monoisotopic (exact) mass is 308 g/mol. The summed E-state index contributed by atoms with van der Waals surface area (Å²) in [4.78, 5) is 17.7. The summed E-state index contributed by atoms with van der Waals surface area (Å²) < 4.78 is 18.7. The van der Waals surface area contributed by atoms with Gasteiger partial charge in [0, 0.05) is 18.0 Å². The number of aromatic nitrogens is 1. The standard InChI is InChI=1S/C15H17FN2O2S/c1-4-20-14(19)13-9-21-15(17-13)18(3)10(2)11-7-5-6-8-12(11)16/h5-10H,4H2,1-3H3. The first-order valence-electron chi connectivity index (χ1n) is 6.64. The summed E-state index contributed by atoms with van der Waals surface area (Å²) in [6.45, 7) is 3.95. The van der Waals surface area contributed by atoms with Crippen LogP contribution < -0.4 is 4.90 Å².